The van der Waals surface area contributed by atoms with Gasteiger partial charge < -0.3 is 4.57 Å². The van der Waals surface area contributed by atoms with Crippen LogP contribution < -0.4 is 0 Å². The summed E-state index contributed by atoms with van der Waals surface area (Å²) in [4.78, 5) is 10.5. The molecule has 0 unspecified atom stereocenters. The van der Waals surface area contributed by atoms with E-state index in [0.29, 0.717) is 0 Å². The van der Waals surface area contributed by atoms with Gasteiger partial charge in [0.1, 0.15) is 17.0 Å². The first-order chi connectivity index (χ1) is 14.4. The fourth-order valence-electron chi connectivity index (χ4n) is 3.51. The van der Waals surface area contributed by atoms with Crippen LogP contribution in [0.3, 0.4) is 0 Å². The third-order valence-corrected chi connectivity index (χ3v) is 5.87. The lowest BCUT2D eigenvalue weighted by Gasteiger charge is -2.06. The molecule has 0 saturated carbocycles. The van der Waals surface area contributed by atoms with Crippen molar-refractivity contribution in [3.8, 4) is 11.1 Å². The molecule has 3 nitrogen and oxygen atoms in total. The summed E-state index contributed by atoms with van der Waals surface area (Å²) in [5, 5.41) is 2.08. The summed E-state index contributed by atoms with van der Waals surface area (Å²) in [6.07, 6.45) is 3.88. The van der Waals surface area contributed by atoms with Crippen molar-refractivity contribution < 1.29 is 0 Å². The van der Waals surface area contributed by atoms with Crippen LogP contribution >= 0.6 is 11.8 Å². The number of rotatable bonds is 5. The highest BCUT2D eigenvalue weighted by Crippen LogP contribution is 2.38. The normalized spacial score (nSPS) is 11.0. The maximum Gasteiger partial charge on any atom is 0.145 e. The molecule has 0 N–H and O–H groups in total. The molecule has 0 aliphatic heterocycles. The fraction of sp³-hybridized carbons (Fsp3) is 0.0400. The van der Waals surface area contributed by atoms with E-state index in [4.69, 9.17) is 0 Å². The fourth-order valence-corrected chi connectivity index (χ4v) is 4.43. The first-order valence-corrected chi connectivity index (χ1v) is 10.4. The quantitative estimate of drug-likeness (QED) is 0.328. The Morgan fingerprint density at radius 2 is 1.38 bits per heavy atom. The average molecular weight is 394 g/mol. The second-order valence-corrected chi connectivity index (χ2v) is 7.88. The molecule has 2 heterocycles. The van der Waals surface area contributed by atoms with Gasteiger partial charge in [0.2, 0.25) is 0 Å². The van der Waals surface area contributed by atoms with E-state index in [0.717, 1.165) is 28.2 Å². The molecule has 0 radical (unpaired) electrons. The second-order valence-electron chi connectivity index (χ2n) is 6.81. The standard InChI is InChI=1S/C25H19N3S/c1-4-10-19(11-5-1)16-28-17-22(20-12-6-2-7-13-20)23-24(28)26-18-27-25(23)29-21-14-8-3-9-15-21/h1-15,17-18H,16H2. The molecule has 0 aliphatic carbocycles. The lowest BCUT2D eigenvalue weighted by molar-refractivity contribution is 0.822. The summed E-state index contributed by atoms with van der Waals surface area (Å²) < 4.78 is 2.23. The Kier molecular flexibility index (Phi) is 4.85. The maximum atomic E-state index is 4.66. The minimum Gasteiger partial charge on any atom is -0.327 e. The van der Waals surface area contributed by atoms with Crippen LogP contribution in [0.5, 0.6) is 0 Å². The third kappa shape index (κ3) is 3.67. The van der Waals surface area contributed by atoms with E-state index >= 15 is 0 Å². The van der Waals surface area contributed by atoms with Gasteiger partial charge in [-0.2, -0.15) is 0 Å². The van der Waals surface area contributed by atoms with Gasteiger partial charge in [-0.25, -0.2) is 9.97 Å². The van der Waals surface area contributed by atoms with Gasteiger partial charge in [0.15, 0.2) is 0 Å². The summed E-state index contributed by atoms with van der Waals surface area (Å²) in [5.41, 5.74) is 4.55. The van der Waals surface area contributed by atoms with Gasteiger partial charge in [0, 0.05) is 23.2 Å². The highest BCUT2D eigenvalue weighted by Gasteiger charge is 2.17. The van der Waals surface area contributed by atoms with Crippen molar-refractivity contribution in [3.05, 3.63) is 109 Å². The van der Waals surface area contributed by atoms with Crippen LogP contribution in [0.4, 0.5) is 0 Å². The van der Waals surface area contributed by atoms with E-state index < -0.39 is 0 Å². The Morgan fingerprint density at radius 1 is 0.724 bits per heavy atom. The minimum atomic E-state index is 0.774. The predicted molar refractivity (Wildman–Crippen MR) is 119 cm³/mol. The van der Waals surface area contributed by atoms with E-state index in [9.17, 15) is 0 Å². The molecule has 29 heavy (non-hydrogen) atoms. The number of hydrogen-bond donors (Lipinski definition) is 0. The number of benzene rings is 3. The number of aromatic nitrogens is 3. The van der Waals surface area contributed by atoms with Gasteiger partial charge in [-0.05, 0) is 23.3 Å². The van der Waals surface area contributed by atoms with Gasteiger partial charge in [-0.1, -0.05) is 90.6 Å². The van der Waals surface area contributed by atoms with Crippen LogP contribution in [0, 0.1) is 0 Å². The average Bonchev–Trinajstić information content (AvgIpc) is 3.15. The first-order valence-electron chi connectivity index (χ1n) is 9.54. The number of hydrogen-bond acceptors (Lipinski definition) is 3. The largest absolute Gasteiger partial charge is 0.327 e. The van der Waals surface area contributed by atoms with Crippen molar-refractivity contribution in [1.29, 1.82) is 0 Å². The van der Waals surface area contributed by atoms with Gasteiger partial charge in [-0.3, -0.25) is 0 Å². The Labute approximate surface area is 174 Å². The Hall–Kier alpha value is -3.37. The molecule has 0 spiro atoms. The molecule has 140 valence electrons. The van der Waals surface area contributed by atoms with Crippen LogP contribution in [0.2, 0.25) is 0 Å². The lowest BCUT2D eigenvalue weighted by atomic mass is 10.1. The maximum absolute atomic E-state index is 4.66. The molecule has 0 amide bonds. The van der Waals surface area contributed by atoms with Crippen molar-refractivity contribution >= 4 is 22.8 Å². The SMILES string of the molecule is c1ccc(Cn2cc(-c3ccccc3)c3c(Sc4ccccc4)ncnc32)cc1. The molecule has 4 heteroatoms. The van der Waals surface area contributed by atoms with Crippen LogP contribution in [-0.4, -0.2) is 14.5 Å². The predicted octanol–water partition coefficient (Wildman–Crippen LogP) is 6.30. The zero-order valence-electron chi connectivity index (χ0n) is 15.8. The zero-order valence-corrected chi connectivity index (χ0v) is 16.6. The molecule has 5 rings (SSSR count). The van der Waals surface area contributed by atoms with Crippen molar-refractivity contribution in [2.24, 2.45) is 0 Å². The molecule has 0 aliphatic rings. The summed E-state index contributed by atoms with van der Waals surface area (Å²) in [7, 11) is 0. The van der Waals surface area contributed by atoms with E-state index in [2.05, 4.69) is 93.5 Å². The number of fused-ring (bicyclic) bond motifs is 1. The van der Waals surface area contributed by atoms with E-state index in [1.54, 1.807) is 18.1 Å². The molecule has 2 aromatic heterocycles. The molecule has 3 aromatic carbocycles. The summed E-state index contributed by atoms with van der Waals surface area (Å²) >= 11 is 1.68. The number of nitrogens with zero attached hydrogens (tertiary/aromatic N) is 3. The minimum absolute atomic E-state index is 0.774. The first kappa shape index (κ1) is 17.7. The smallest absolute Gasteiger partial charge is 0.145 e. The van der Waals surface area contributed by atoms with Crippen molar-refractivity contribution in [2.45, 2.75) is 16.5 Å². The summed E-state index contributed by atoms with van der Waals surface area (Å²) in [6.45, 7) is 0.774. The van der Waals surface area contributed by atoms with Crippen LogP contribution in [0.25, 0.3) is 22.2 Å². The summed E-state index contributed by atoms with van der Waals surface area (Å²) in [6, 6.07) is 31.3. The highest BCUT2D eigenvalue weighted by molar-refractivity contribution is 7.99. The Morgan fingerprint density at radius 3 is 2.10 bits per heavy atom. The topological polar surface area (TPSA) is 30.7 Å². The molecular weight excluding hydrogens is 374 g/mol. The van der Waals surface area contributed by atoms with Crippen molar-refractivity contribution in [2.75, 3.05) is 0 Å². The van der Waals surface area contributed by atoms with E-state index in [-0.39, 0.29) is 0 Å². The van der Waals surface area contributed by atoms with Gasteiger partial charge in [0.25, 0.3) is 0 Å². The van der Waals surface area contributed by atoms with Gasteiger partial charge in [0.05, 0.1) is 5.39 Å². The molecule has 0 fully saturated rings. The van der Waals surface area contributed by atoms with Crippen LogP contribution in [0.15, 0.2) is 113 Å². The molecule has 0 saturated heterocycles. The van der Waals surface area contributed by atoms with Crippen molar-refractivity contribution in [3.63, 3.8) is 0 Å². The summed E-state index contributed by atoms with van der Waals surface area (Å²) in [5.74, 6) is 0. The van der Waals surface area contributed by atoms with E-state index in [1.807, 2.05) is 18.2 Å². The Bertz CT molecular complexity index is 1230. The van der Waals surface area contributed by atoms with Crippen molar-refractivity contribution in [1.82, 2.24) is 14.5 Å². The monoisotopic (exact) mass is 393 g/mol. The van der Waals surface area contributed by atoms with Crippen LogP contribution in [-0.2, 0) is 6.54 Å². The molecule has 0 atom stereocenters. The van der Waals surface area contributed by atoms with Crippen LogP contribution in [0.1, 0.15) is 5.56 Å². The Balaban J connectivity index is 1.68. The molecular formula is C25H19N3S. The van der Waals surface area contributed by atoms with E-state index in [1.165, 1.54) is 16.0 Å². The van der Waals surface area contributed by atoms with Gasteiger partial charge >= 0.3 is 0 Å². The molecule has 5 aromatic rings. The lowest BCUT2D eigenvalue weighted by Crippen LogP contribution is -1.99. The molecule has 0 bridgehead atoms. The third-order valence-electron chi connectivity index (χ3n) is 4.86. The highest BCUT2D eigenvalue weighted by atomic mass is 32.2. The second kappa shape index (κ2) is 7.94. The van der Waals surface area contributed by atoms with Gasteiger partial charge in [-0.15, -0.1) is 0 Å². The zero-order chi connectivity index (χ0) is 19.5.